The highest BCUT2D eigenvalue weighted by molar-refractivity contribution is 7.90. The number of rotatable bonds is 4. The molecule has 1 saturated heterocycles. The lowest BCUT2D eigenvalue weighted by molar-refractivity contribution is 0.0831. The van der Waals surface area contributed by atoms with Gasteiger partial charge in [-0.3, -0.25) is 0 Å². The molecule has 0 saturated carbocycles. The molecule has 1 fully saturated rings. The van der Waals surface area contributed by atoms with Gasteiger partial charge in [-0.25, -0.2) is 13.1 Å². The van der Waals surface area contributed by atoms with Gasteiger partial charge < -0.3 is 4.74 Å². The summed E-state index contributed by atoms with van der Waals surface area (Å²) < 4.78 is 30.7. The van der Waals surface area contributed by atoms with Crippen molar-refractivity contribution in [3.05, 3.63) is 60.7 Å². The highest BCUT2D eigenvalue weighted by Gasteiger charge is 2.22. The molecule has 1 aliphatic heterocycles. The SMILES string of the molecule is CC(C)S(=O)(=O)NC1CCOCC1.c1ccc(-c2ccccc2)cc1. The van der Waals surface area contributed by atoms with E-state index < -0.39 is 10.0 Å². The summed E-state index contributed by atoms with van der Waals surface area (Å²) in [6.45, 7) is 4.68. The Morgan fingerprint density at radius 1 is 0.880 bits per heavy atom. The molecule has 3 rings (SSSR count). The van der Waals surface area contributed by atoms with Crippen molar-refractivity contribution in [2.24, 2.45) is 0 Å². The molecule has 0 aromatic heterocycles. The largest absolute Gasteiger partial charge is 0.381 e. The molecule has 1 heterocycles. The second kappa shape index (κ2) is 9.70. The number of ether oxygens (including phenoxy) is 1. The maximum atomic E-state index is 11.4. The lowest BCUT2D eigenvalue weighted by atomic mass is 10.1. The molecule has 136 valence electrons. The summed E-state index contributed by atoms with van der Waals surface area (Å²) in [4.78, 5) is 0. The molecular formula is C20H27NO3S. The quantitative estimate of drug-likeness (QED) is 0.900. The van der Waals surface area contributed by atoms with Crippen LogP contribution in [0.15, 0.2) is 60.7 Å². The van der Waals surface area contributed by atoms with Crippen LogP contribution < -0.4 is 4.72 Å². The molecule has 0 unspecified atom stereocenters. The predicted molar refractivity (Wildman–Crippen MR) is 103 cm³/mol. The van der Waals surface area contributed by atoms with Gasteiger partial charge >= 0.3 is 0 Å². The van der Waals surface area contributed by atoms with Crippen molar-refractivity contribution in [1.29, 1.82) is 0 Å². The molecule has 0 bridgehead atoms. The van der Waals surface area contributed by atoms with Crippen molar-refractivity contribution in [2.45, 2.75) is 38.0 Å². The minimum atomic E-state index is -3.10. The van der Waals surface area contributed by atoms with E-state index in [-0.39, 0.29) is 11.3 Å². The predicted octanol–water partition coefficient (Wildman–Crippen LogP) is 3.85. The molecule has 0 atom stereocenters. The van der Waals surface area contributed by atoms with Crippen LogP contribution in [0.1, 0.15) is 26.7 Å². The molecule has 5 heteroatoms. The molecule has 1 N–H and O–H groups in total. The molecule has 0 aliphatic carbocycles. The standard InChI is InChI=1S/C12H10.C8H17NO3S/c1-3-7-11(8-4-1)12-9-5-2-6-10-12;1-7(2)13(10,11)9-8-3-5-12-6-4-8/h1-10H;7-9H,3-6H2,1-2H3. The van der Waals surface area contributed by atoms with E-state index >= 15 is 0 Å². The van der Waals surface area contributed by atoms with Crippen LogP contribution in [0.2, 0.25) is 0 Å². The Morgan fingerprint density at radius 3 is 1.72 bits per heavy atom. The minimum Gasteiger partial charge on any atom is -0.381 e. The Morgan fingerprint density at radius 2 is 1.32 bits per heavy atom. The molecular weight excluding hydrogens is 334 g/mol. The number of hydrogen-bond acceptors (Lipinski definition) is 3. The van der Waals surface area contributed by atoms with Crippen LogP contribution in [0.4, 0.5) is 0 Å². The fraction of sp³-hybridized carbons (Fsp3) is 0.400. The average Bonchev–Trinajstić information content (AvgIpc) is 2.64. The fourth-order valence-corrected chi connectivity index (χ4v) is 3.42. The maximum Gasteiger partial charge on any atom is 0.214 e. The summed E-state index contributed by atoms with van der Waals surface area (Å²) in [5.41, 5.74) is 2.55. The smallest absolute Gasteiger partial charge is 0.214 e. The molecule has 4 nitrogen and oxygen atoms in total. The van der Waals surface area contributed by atoms with Gasteiger partial charge in [-0.15, -0.1) is 0 Å². The number of nitrogens with one attached hydrogen (secondary N) is 1. The second-order valence-electron chi connectivity index (χ2n) is 6.33. The molecule has 0 radical (unpaired) electrons. The zero-order valence-corrected chi connectivity index (χ0v) is 15.7. The maximum absolute atomic E-state index is 11.4. The zero-order chi connectivity index (χ0) is 18.1. The molecule has 2 aromatic carbocycles. The summed E-state index contributed by atoms with van der Waals surface area (Å²) in [5.74, 6) is 0. The van der Waals surface area contributed by atoms with Gasteiger partial charge in [0, 0.05) is 19.3 Å². The fourth-order valence-electron chi connectivity index (χ4n) is 2.45. The lowest BCUT2D eigenvalue weighted by Gasteiger charge is -2.23. The van der Waals surface area contributed by atoms with E-state index in [0.717, 1.165) is 12.8 Å². The van der Waals surface area contributed by atoms with Gasteiger partial charge in [0.25, 0.3) is 0 Å². The van der Waals surface area contributed by atoms with Crippen LogP contribution in [0.5, 0.6) is 0 Å². The first-order chi connectivity index (χ1) is 12.0. The van der Waals surface area contributed by atoms with Gasteiger partial charge in [0.1, 0.15) is 0 Å². The zero-order valence-electron chi connectivity index (χ0n) is 14.9. The van der Waals surface area contributed by atoms with Crippen LogP contribution in [0.3, 0.4) is 0 Å². The van der Waals surface area contributed by atoms with Crippen molar-refractivity contribution in [3.63, 3.8) is 0 Å². The van der Waals surface area contributed by atoms with E-state index in [2.05, 4.69) is 53.3 Å². The molecule has 2 aromatic rings. The Bertz CT molecular complexity index is 672. The van der Waals surface area contributed by atoms with E-state index in [9.17, 15) is 8.42 Å². The first-order valence-corrected chi connectivity index (χ1v) is 10.2. The van der Waals surface area contributed by atoms with E-state index in [1.54, 1.807) is 13.8 Å². The van der Waals surface area contributed by atoms with Gasteiger partial charge in [0.05, 0.1) is 5.25 Å². The Labute approximate surface area is 151 Å². The average molecular weight is 362 g/mol. The second-order valence-corrected chi connectivity index (χ2v) is 8.60. The van der Waals surface area contributed by atoms with Crippen molar-refractivity contribution in [3.8, 4) is 11.1 Å². The van der Waals surface area contributed by atoms with Gasteiger partial charge in [0.15, 0.2) is 0 Å². The first kappa shape index (κ1) is 19.6. The van der Waals surface area contributed by atoms with E-state index in [4.69, 9.17) is 4.74 Å². The third-order valence-corrected chi connectivity index (χ3v) is 5.96. The Balaban J connectivity index is 0.000000181. The highest BCUT2D eigenvalue weighted by Crippen LogP contribution is 2.17. The van der Waals surface area contributed by atoms with E-state index in [1.807, 2.05) is 12.1 Å². The highest BCUT2D eigenvalue weighted by atomic mass is 32.2. The summed E-state index contributed by atoms with van der Waals surface area (Å²) in [7, 11) is -3.10. The summed E-state index contributed by atoms with van der Waals surface area (Å²) in [6, 6.07) is 20.9. The van der Waals surface area contributed by atoms with Crippen LogP contribution in [0.25, 0.3) is 11.1 Å². The molecule has 0 amide bonds. The topological polar surface area (TPSA) is 55.4 Å². The van der Waals surface area contributed by atoms with Gasteiger partial charge in [-0.05, 0) is 37.8 Å². The van der Waals surface area contributed by atoms with Crippen molar-refractivity contribution in [1.82, 2.24) is 4.72 Å². The van der Waals surface area contributed by atoms with Crippen LogP contribution >= 0.6 is 0 Å². The van der Waals surface area contributed by atoms with E-state index in [0.29, 0.717) is 13.2 Å². The van der Waals surface area contributed by atoms with E-state index in [1.165, 1.54) is 11.1 Å². The van der Waals surface area contributed by atoms with Crippen LogP contribution in [-0.2, 0) is 14.8 Å². The van der Waals surface area contributed by atoms with Crippen LogP contribution in [-0.4, -0.2) is 32.9 Å². The van der Waals surface area contributed by atoms with Crippen molar-refractivity contribution >= 4 is 10.0 Å². The normalized spacial score (nSPS) is 15.5. The molecule has 25 heavy (non-hydrogen) atoms. The third-order valence-electron chi connectivity index (χ3n) is 4.05. The summed E-state index contributed by atoms with van der Waals surface area (Å²) in [5, 5.41) is -0.352. The van der Waals surface area contributed by atoms with Gasteiger partial charge in [0.2, 0.25) is 10.0 Å². The number of benzene rings is 2. The third kappa shape index (κ3) is 6.61. The molecule has 0 spiro atoms. The van der Waals surface area contributed by atoms with Gasteiger partial charge in [-0.1, -0.05) is 60.7 Å². The van der Waals surface area contributed by atoms with Crippen LogP contribution in [0, 0.1) is 0 Å². The number of hydrogen-bond donors (Lipinski definition) is 1. The summed E-state index contributed by atoms with van der Waals surface area (Å²) >= 11 is 0. The first-order valence-electron chi connectivity index (χ1n) is 8.68. The van der Waals surface area contributed by atoms with Crippen molar-refractivity contribution < 1.29 is 13.2 Å². The number of sulfonamides is 1. The molecule has 1 aliphatic rings. The Kier molecular flexibility index (Phi) is 7.62. The lowest BCUT2D eigenvalue weighted by Crippen LogP contribution is -2.41. The minimum absolute atomic E-state index is 0.0705. The monoisotopic (exact) mass is 361 g/mol. The van der Waals surface area contributed by atoms with Crippen molar-refractivity contribution in [2.75, 3.05) is 13.2 Å². The van der Waals surface area contributed by atoms with Gasteiger partial charge in [-0.2, -0.15) is 0 Å². The Hall–Kier alpha value is -1.69. The summed E-state index contributed by atoms with van der Waals surface area (Å²) in [6.07, 6.45) is 1.57.